The largest absolute Gasteiger partial charge is 0.433 e. The fourth-order valence-corrected chi connectivity index (χ4v) is 3.83. The van der Waals surface area contributed by atoms with Gasteiger partial charge >= 0.3 is 7.75 Å². The van der Waals surface area contributed by atoms with Gasteiger partial charge in [0.15, 0.2) is 0 Å². The van der Waals surface area contributed by atoms with Gasteiger partial charge < -0.3 is 0 Å². The van der Waals surface area contributed by atoms with E-state index in [2.05, 4.69) is 10.1 Å². The van der Waals surface area contributed by atoms with Gasteiger partial charge in [-0.3, -0.25) is 18.5 Å². The van der Waals surface area contributed by atoms with Crippen LogP contribution < -0.4 is 5.09 Å². The molecule has 0 atom stereocenters. The van der Waals surface area contributed by atoms with Crippen molar-refractivity contribution in [3.05, 3.63) is 54.7 Å². The van der Waals surface area contributed by atoms with Crippen LogP contribution in [0.2, 0.25) is 0 Å². The number of pyridine rings is 1. The molecule has 0 amide bonds. The van der Waals surface area contributed by atoms with Gasteiger partial charge in [0.25, 0.3) is 0 Å². The molecule has 3 aromatic rings. The molecule has 3 rings (SSSR count). The monoisotopic (exact) mass is 345 g/mol. The molecule has 2 aromatic heterocycles. The second-order valence-corrected chi connectivity index (χ2v) is 6.78. The summed E-state index contributed by atoms with van der Waals surface area (Å²) in [7, 11) is -3.47. The van der Waals surface area contributed by atoms with E-state index in [9.17, 15) is 4.57 Å². The standard InChI is InChI=1S/C17H20N3O3P/c1-3-22-24(21,23-4-2)19-17-16(14-10-6-5-7-11-14)18-15-12-8-9-13-20(15)17/h5-13H,3-4H2,1-2H3,(H,19,21). The summed E-state index contributed by atoms with van der Waals surface area (Å²) in [4.78, 5) is 4.66. The number of aromatic nitrogens is 2. The van der Waals surface area contributed by atoms with Gasteiger partial charge in [0.05, 0.1) is 13.2 Å². The van der Waals surface area contributed by atoms with Gasteiger partial charge in [-0.1, -0.05) is 36.4 Å². The van der Waals surface area contributed by atoms with Crippen LogP contribution in [0.5, 0.6) is 0 Å². The molecule has 0 aliphatic rings. The van der Waals surface area contributed by atoms with Gasteiger partial charge in [0, 0.05) is 11.8 Å². The average Bonchev–Trinajstić information content (AvgIpc) is 2.94. The van der Waals surface area contributed by atoms with E-state index < -0.39 is 7.75 Å². The Morgan fingerprint density at radius 3 is 2.38 bits per heavy atom. The smallest absolute Gasteiger partial charge is 0.293 e. The third-order valence-corrected chi connectivity index (χ3v) is 5.10. The Morgan fingerprint density at radius 2 is 1.71 bits per heavy atom. The Hall–Kier alpha value is -2.14. The highest BCUT2D eigenvalue weighted by atomic mass is 31.2. The molecular weight excluding hydrogens is 325 g/mol. The normalized spacial score (nSPS) is 11.8. The lowest BCUT2D eigenvalue weighted by Gasteiger charge is -2.19. The van der Waals surface area contributed by atoms with Gasteiger partial charge in [0.2, 0.25) is 0 Å². The van der Waals surface area contributed by atoms with Crippen molar-refractivity contribution in [3.63, 3.8) is 0 Å². The summed E-state index contributed by atoms with van der Waals surface area (Å²) in [6.07, 6.45) is 1.86. The maximum atomic E-state index is 12.9. The zero-order valence-electron chi connectivity index (χ0n) is 13.7. The summed E-state index contributed by atoms with van der Waals surface area (Å²) in [6.45, 7) is 4.11. The maximum Gasteiger partial charge on any atom is 0.433 e. The number of hydrogen-bond acceptors (Lipinski definition) is 4. The van der Waals surface area contributed by atoms with E-state index >= 15 is 0 Å². The molecule has 0 unspecified atom stereocenters. The number of nitrogens with zero attached hydrogens (tertiary/aromatic N) is 2. The van der Waals surface area contributed by atoms with E-state index in [0.717, 1.165) is 11.2 Å². The van der Waals surface area contributed by atoms with Crippen LogP contribution in [0, 0.1) is 0 Å². The lowest BCUT2D eigenvalue weighted by Crippen LogP contribution is -2.07. The maximum absolute atomic E-state index is 12.9. The lowest BCUT2D eigenvalue weighted by molar-refractivity contribution is 0.225. The highest BCUT2D eigenvalue weighted by molar-refractivity contribution is 7.55. The second kappa shape index (κ2) is 7.18. The summed E-state index contributed by atoms with van der Waals surface area (Å²) < 4.78 is 25.5. The summed E-state index contributed by atoms with van der Waals surface area (Å²) in [5.74, 6) is 0.585. The van der Waals surface area contributed by atoms with E-state index in [0.29, 0.717) is 11.5 Å². The molecule has 1 aromatic carbocycles. The molecule has 126 valence electrons. The summed E-state index contributed by atoms with van der Waals surface area (Å²) in [5, 5.41) is 2.96. The van der Waals surface area contributed by atoms with Gasteiger partial charge in [-0.15, -0.1) is 0 Å². The van der Waals surface area contributed by atoms with Gasteiger partial charge in [-0.2, -0.15) is 0 Å². The fourth-order valence-electron chi connectivity index (χ4n) is 2.47. The zero-order chi connectivity index (χ0) is 17.0. The quantitative estimate of drug-likeness (QED) is 0.634. The minimum absolute atomic E-state index is 0.279. The van der Waals surface area contributed by atoms with Crippen LogP contribution in [-0.2, 0) is 13.6 Å². The molecule has 6 nitrogen and oxygen atoms in total. The van der Waals surface area contributed by atoms with Crippen LogP contribution in [0.1, 0.15) is 13.8 Å². The molecule has 0 saturated heterocycles. The number of anilines is 1. The van der Waals surface area contributed by atoms with Crippen molar-refractivity contribution in [2.24, 2.45) is 0 Å². The second-order valence-electron chi connectivity index (χ2n) is 5.05. The number of rotatable bonds is 7. The topological polar surface area (TPSA) is 64.9 Å². The molecule has 7 heteroatoms. The molecule has 0 aliphatic carbocycles. The molecule has 0 aliphatic heterocycles. The van der Waals surface area contributed by atoms with Crippen LogP contribution >= 0.6 is 7.75 Å². The van der Waals surface area contributed by atoms with E-state index in [1.165, 1.54) is 0 Å². The van der Waals surface area contributed by atoms with Crippen molar-refractivity contribution < 1.29 is 13.6 Å². The number of fused-ring (bicyclic) bond motifs is 1. The first-order valence-corrected chi connectivity index (χ1v) is 9.41. The Labute approximate surface area is 141 Å². The van der Waals surface area contributed by atoms with Gasteiger partial charge in [-0.05, 0) is 26.0 Å². The summed E-state index contributed by atoms with van der Waals surface area (Å²) >= 11 is 0. The van der Waals surface area contributed by atoms with Crippen LogP contribution in [0.3, 0.4) is 0 Å². The predicted molar refractivity (Wildman–Crippen MR) is 95.1 cm³/mol. The Kier molecular flexibility index (Phi) is 5.00. The predicted octanol–water partition coefficient (Wildman–Crippen LogP) is 4.59. The highest BCUT2D eigenvalue weighted by Gasteiger charge is 2.27. The minimum atomic E-state index is -3.47. The third-order valence-electron chi connectivity index (χ3n) is 3.42. The molecule has 0 fully saturated rings. The molecule has 0 spiro atoms. The average molecular weight is 345 g/mol. The van der Waals surface area contributed by atoms with Gasteiger partial charge in [0.1, 0.15) is 17.2 Å². The number of imidazole rings is 1. The summed E-state index contributed by atoms with van der Waals surface area (Å²) in [5.41, 5.74) is 2.36. The molecule has 0 bridgehead atoms. The number of benzene rings is 1. The Morgan fingerprint density at radius 1 is 1.04 bits per heavy atom. The van der Waals surface area contributed by atoms with E-state index in [4.69, 9.17) is 9.05 Å². The minimum Gasteiger partial charge on any atom is -0.293 e. The SMILES string of the molecule is CCOP(=O)(Nc1c(-c2ccccc2)nc2ccccn12)OCC. The highest BCUT2D eigenvalue weighted by Crippen LogP contribution is 2.49. The first kappa shape index (κ1) is 16.7. The zero-order valence-corrected chi connectivity index (χ0v) is 14.6. The molecule has 24 heavy (non-hydrogen) atoms. The van der Waals surface area contributed by atoms with Crippen molar-refractivity contribution in [3.8, 4) is 11.3 Å². The molecule has 0 saturated carbocycles. The Balaban J connectivity index is 2.13. The van der Waals surface area contributed by atoms with Crippen LogP contribution in [0.4, 0.5) is 5.82 Å². The van der Waals surface area contributed by atoms with Crippen molar-refractivity contribution in [1.29, 1.82) is 0 Å². The van der Waals surface area contributed by atoms with Crippen molar-refractivity contribution in [2.75, 3.05) is 18.3 Å². The molecule has 2 heterocycles. The Bertz CT molecular complexity index is 854. The van der Waals surface area contributed by atoms with E-state index in [1.54, 1.807) is 13.8 Å². The van der Waals surface area contributed by atoms with Crippen LogP contribution in [-0.4, -0.2) is 22.6 Å². The van der Waals surface area contributed by atoms with E-state index in [1.807, 2.05) is 59.1 Å². The van der Waals surface area contributed by atoms with Crippen molar-refractivity contribution in [2.45, 2.75) is 13.8 Å². The first-order valence-electron chi connectivity index (χ1n) is 7.86. The summed E-state index contributed by atoms with van der Waals surface area (Å²) in [6, 6.07) is 15.4. The van der Waals surface area contributed by atoms with Gasteiger partial charge in [-0.25, -0.2) is 9.55 Å². The van der Waals surface area contributed by atoms with Crippen LogP contribution in [0.15, 0.2) is 54.7 Å². The third kappa shape index (κ3) is 3.36. The molecule has 0 radical (unpaired) electrons. The van der Waals surface area contributed by atoms with Crippen molar-refractivity contribution in [1.82, 2.24) is 9.38 Å². The lowest BCUT2D eigenvalue weighted by atomic mass is 10.1. The number of nitrogens with one attached hydrogen (secondary N) is 1. The molecular formula is C17H20N3O3P. The molecule has 1 N–H and O–H groups in total. The first-order chi connectivity index (χ1) is 11.7. The number of hydrogen-bond donors (Lipinski definition) is 1. The van der Waals surface area contributed by atoms with E-state index in [-0.39, 0.29) is 13.2 Å². The van der Waals surface area contributed by atoms with Crippen LogP contribution in [0.25, 0.3) is 16.9 Å². The van der Waals surface area contributed by atoms with Crippen molar-refractivity contribution >= 4 is 19.2 Å². The fraction of sp³-hybridized carbons (Fsp3) is 0.235.